The van der Waals surface area contributed by atoms with Crippen molar-refractivity contribution >= 4 is 15.9 Å². The predicted molar refractivity (Wildman–Crippen MR) is 147 cm³/mol. The molecule has 4 aromatic carbocycles. The zero-order valence-corrected chi connectivity index (χ0v) is 22.0. The Morgan fingerprint density at radius 3 is 1.79 bits per heavy atom. The normalized spacial score (nSPS) is 12.1. The number of hydrogen-bond donors (Lipinski definition) is 2. The van der Waals surface area contributed by atoms with Crippen LogP contribution >= 0.6 is 0 Å². The summed E-state index contributed by atoms with van der Waals surface area (Å²) in [6.07, 6.45) is 0.162. The molecule has 0 aliphatic carbocycles. The van der Waals surface area contributed by atoms with E-state index in [1.54, 1.807) is 0 Å². The smallest absolute Gasteiger partial charge is 0.241 e. The van der Waals surface area contributed by atoms with Gasteiger partial charge in [0.05, 0.1) is 25.2 Å². The van der Waals surface area contributed by atoms with Crippen molar-refractivity contribution < 1.29 is 22.7 Å². The van der Waals surface area contributed by atoms with E-state index in [0.717, 1.165) is 16.7 Å². The molecule has 1 atom stereocenters. The van der Waals surface area contributed by atoms with Crippen LogP contribution in [0.1, 0.15) is 22.7 Å². The van der Waals surface area contributed by atoms with Crippen LogP contribution < -0.4 is 19.5 Å². The van der Waals surface area contributed by atoms with E-state index in [9.17, 15) is 13.2 Å². The highest BCUT2D eigenvalue weighted by Crippen LogP contribution is 2.29. The van der Waals surface area contributed by atoms with Crippen molar-refractivity contribution in [3.8, 4) is 11.5 Å². The van der Waals surface area contributed by atoms with E-state index in [-0.39, 0.29) is 17.1 Å². The molecule has 2 N–H and O–H groups in total. The second kappa shape index (κ2) is 12.4. The molecule has 0 heterocycles. The molecule has 0 aliphatic rings. The monoisotopic (exact) mass is 530 g/mol. The zero-order valence-electron chi connectivity index (χ0n) is 21.2. The minimum atomic E-state index is -4.09. The number of sulfonamides is 1. The van der Waals surface area contributed by atoms with Crippen LogP contribution in [0, 0.1) is 0 Å². The van der Waals surface area contributed by atoms with Gasteiger partial charge in [-0.05, 0) is 35.2 Å². The molecule has 0 unspecified atom stereocenters. The van der Waals surface area contributed by atoms with Crippen LogP contribution in [0.25, 0.3) is 0 Å². The van der Waals surface area contributed by atoms with E-state index in [1.165, 1.54) is 32.4 Å². The standard InChI is InChI=1S/C30H30N2O5S/c1-36-27-19-18-25(21-28(27)37-2)38(34,35)32-26(20-22-12-6-3-7-13-22)30(33)31-29(23-14-8-4-9-15-23)24-16-10-5-11-17-24/h3-19,21,26,29,32H,20H2,1-2H3,(H,31,33)/t26-/m1/s1. The average molecular weight is 531 g/mol. The number of ether oxygens (including phenoxy) is 2. The number of methoxy groups -OCH3 is 2. The van der Waals surface area contributed by atoms with Gasteiger partial charge in [0.25, 0.3) is 0 Å². The average Bonchev–Trinajstić information content (AvgIpc) is 2.96. The lowest BCUT2D eigenvalue weighted by molar-refractivity contribution is -0.123. The minimum Gasteiger partial charge on any atom is -0.493 e. The Balaban J connectivity index is 1.66. The third kappa shape index (κ3) is 6.59. The van der Waals surface area contributed by atoms with Gasteiger partial charge in [0.2, 0.25) is 15.9 Å². The van der Waals surface area contributed by atoms with Crippen LogP contribution in [0.2, 0.25) is 0 Å². The molecular formula is C30H30N2O5S. The number of carbonyl (C=O) groups is 1. The van der Waals surface area contributed by atoms with Gasteiger partial charge in [-0.1, -0.05) is 91.0 Å². The van der Waals surface area contributed by atoms with Gasteiger partial charge in [-0.15, -0.1) is 0 Å². The van der Waals surface area contributed by atoms with Gasteiger partial charge in [0.15, 0.2) is 11.5 Å². The Morgan fingerprint density at radius 1 is 0.737 bits per heavy atom. The van der Waals surface area contributed by atoms with Gasteiger partial charge in [0.1, 0.15) is 6.04 Å². The Morgan fingerprint density at radius 2 is 1.26 bits per heavy atom. The van der Waals surface area contributed by atoms with Crippen molar-refractivity contribution in [1.82, 2.24) is 10.0 Å². The van der Waals surface area contributed by atoms with Crippen LogP contribution in [0.15, 0.2) is 114 Å². The number of amides is 1. The first-order valence-corrected chi connectivity index (χ1v) is 13.6. The molecule has 38 heavy (non-hydrogen) atoms. The maximum atomic E-state index is 13.8. The van der Waals surface area contributed by atoms with Crippen molar-refractivity contribution in [1.29, 1.82) is 0 Å². The van der Waals surface area contributed by atoms with E-state index in [4.69, 9.17) is 9.47 Å². The van der Waals surface area contributed by atoms with E-state index < -0.39 is 28.0 Å². The van der Waals surface area contributed by atoms with Crippen molar-refractivity contribution in [3.05, 3.63) is 126 Å². The van der Waals surface area contributed by atoms with E-state index in [0.29, 0.717) is 5.75 Å². The fourth-order valence-corrected chi connectivity index (χ4v) is 5.38. The molecule has 0 spiro atoms. The first kappa shape index (κ1) is 26.9. The zero-order chi connectivity index (χ0) is 27.0. The third-order valence-corrected chi connectivity index (χ3v) is 7.58. The predicted octanol–water partition coefficient (Wildman–Crippen LogP) is 4.50. The molecule has 7 nitrogen and oxygen atoms in total. The lowest BCUT2D eigenvalue weighted by atomic mass is 9.97. The second-order valence-electron chi connectivity index (χ2n) is 8.64. The molecule has 0 radical (unpaired) electrons. The molecule has 0 aromatic heterocycles. The van der Waals surface area contributed by atoms with E-state index in [1.807, 2.05) is 91.0 Å². The first-order valence-electron chi connectivity index (χ1n) is 12.1. The summed E-state index contributed by atoms with van der Waals surface area (Å²) in [4.78, 5) is 13.7. The fourth-order valence-electron chi connectivity index (χ4n) is 4.17. The van der Waals surface area contributed by atoms with E-state index >= 15 is 0 Å². The van der Waals surface area contributed by atoms with Gasteiger partial charge < -0.3 is 14.8 Å². The summed E-state index contributed by atoms with van der Waals surface area (Å²) >= 11 is 0. The maximum Gasteiger partial charge on any atom is 0.241 e. The second-order valence-corrected chi connectivity index (χ2v) is 10.4. The summed E-state index contributed by atoms with van der Waals surface area (Å²) in [5, 5.41) is 3.07. The molecule has 0 saturated heterocycles. The summed E-state index contributed by atoms with van der Waals surface area (Å²) in [7, 11) is -1.19. The molecule has 0 bridgehead atoms. The molecule has 196 valence electrons. The number of nitrogens with one attached hydrogen (secondary N) is 2. The highest BCUT2D eigenvalue weighted by Gasteiger charge is 2.29. The van der Waals surface area contributed by atoms with Crippen molar-refractivity contribution in [2.75, 3.05) is 14.2 Å². The lowest BCUT2D eigenvalue weighted by Crippen LogP contribution is -2.49. The van der Waals surface area contributed by atoms with Gasteiger partial charge in [-0.2, -0.15) is 4.72 Å². The SMILES string of the molecule is COc1ccc(S(=O)(=O)N[C@H](Cc2ccccc2)C(=O)NC(c2ccccc2)c2ccccc2)cc1OC. The van der Waals surface area contributed by atoms with Crippen molar-refractivity contribution in [3.63, 3.8) is 0 Å². The largest absolute Gasteiger partial charge is 0.493 e. The summed E-state index contributed by atoms with van der Waals surface area (Å²) in [6.45, 7) is 0. The minimum absolute atomic E-state index is 0.0383. The molecule has 0 fully saturated rings. The fraction of sp³-hybridized carbons (Fsp3) is 0.167. The van der Waals surface area contributed by atoms with E-state index in [2.05, 4.69) is 10.0 Å². The highest BCUT2D eigenvalue weighted by atomic mass is 32.2. The Labute approximate surface area is 223 Å². The number of benzene rings is 4. The Bertz CT molecular complexity index is 1410. The van der Waals surface area contributed by atoms with Crippen molar-refractivity contribution in [2.45, 2.75) is 23.4 Å². The highest BCUT2D eigenvalue weighted by molar-refractivity contribution is 7.89. The first-order chi connectivity index (χ1) is 18.4. The van der Waals surface area contributed by atoms with Gasteiger partial charge in [-0.3, -0.25) is 4.79 Å². The molecular weight excluding hydrogens is 500 g/mol. The van der Waals surface area contributed by atoms with Crippen LogP contribution in [0.3, 0.4) is 0 Å². The van der Waals surface area contributed by atoms with Gasteiger partial charge in [-0.25, -0.2) is 8.42 Å². The Kier molecular flexibility index (Phi) is 8.78. The van der Waals surface area contributed by atoms with Crippen LogP contribution in [0.4, 0.5) is 0 Å². The summed E-state index contributed by atoms with van der Waals surface area (Å²) < 4.78 is 40.0. The molecule has 8 heteroatoms. The van der Waals surface area contributed by atoms with Gasteiger partial charge >= 0.3 is 0 Å². The third-order valence-electron chi connectivity index (χ3n) is 6.11. The lowest BCUT2D eigenvalue weighted by Gasteiger charge is -2.24. The molecule has 4 aromatic rings. The number of hydrogen-bond acceptors (Lipinski definition) is 5. The molecule has 4 rings (SSSR count). The summed E-state index contributed by atoms with van der Waals surface area (Å²) in [5.41, 5.74) is 2.58. The van der Waals surface area contributed by atoms with Crippen LogP contribution in [0.5, 0.6) is 11.5 Å². The van der Waals surface area contributed by atoms with Gasteiger partial charge in [0, 0.05) is 6.07 Å². The summed E-state index contributed by atoms with van der Waals surface area (Å²) in [5.74, 6) is 0.224. The number of rotatable bonds is 11. The van der Waals surface area contributed by atoms with Crippen LogP contribution in [-0.4, -0.2) is 34.6 Å². The topological polar surface area (TPSA) is 93.7 Å². The molecule has 0 aliphatic heterocycles. The van der Waals surface area contributed by atoms with Crippen molar-refractivity contribution in [2.24, 2.45) is 0 Å². The Hall–Kier alpha value is -4.14. The quantitative estimate of drug-likeness (QED) is 0.298. The molecule has 1 amide bonds. The number of carbonyl (C=O) groups excluding carboxylic acids is 1. The molecule has 0 saturated carbocycles. The summed E-state index contributed by atoms with van der Waals surface area (Å²) in [6, 6.07) is 31.2. The van der Waals surface area contributed by atoms with Crippen LogP contribution in [-0.2, 0) is 21.2 Å². The maximum absolute atomic E-state index is 13.8.